The molecule has 0 saturated carbocycles. The van der Waals surface area contributed by atoms with Gasteiger partial charge in [0.05, 0.1) is 12.6 Å². The smallest absolute Gasteiger partial charge is 0.239 e. The lowest BCUT2D eigenvalue weighted by molar-refractivity contribution is -0.135. The summed E-state index contributed by atoms with van der Waals surface area (Å²) in [4.78, 5) is 23.8. The number of amides is 1. The molecule has 0 aromatic heterocycles. The molecule has 0 aliphatic carbocycles. The average molecular weight is 402 g/mol. The minimum absolute atomic E-state index is 0.0360. The fourth-order valence-corrected chi connectivity index (χ4v) is 4.21. The first-order valence-electron chi connectivity index (χ1n) is 10.7. The number of piperazine rings is 1. The van der Waals surface area contributed by atoms with Crippen LogP contribution in [0.25, 0.3) is 0 Å². The van der Waals surface area contributed by atoms with E-state index in [1.807, 2.05) is 18.0 Å². The summed E-state index contributed by atoms with van der Waals surface area (Å²) in [7, 11) is 3.55. The Balaban J connectivity index is 1.50. The van der Waals surface area contributed by atoms with E-state index in [0.29, 0.717) is 6.61 Å². The molecule has 1 atom stereocenters. The van der Waals surface area contributed by atoms with Crippen LogP contribution in [0.2, 0.25) is 0 Å². The number of benzene rings is 1. The Morgan fingerprint density at radius 2 is 1.72 bits per heavy atom. The molecule has 7 nitrogen and oxygen atoms in total. The molecule has 2 heterocycles. The quantitative estimate of drug-likeness (QED) is 0.579. The number of methoxy groups -OCH3 is 1. The van der Waals surface area contributed by atoms with Crippen LogP contribution < -0.4 is 5.32 Å². The van der Waals surface area contributed by atoms with Crippen LogP contribution in [0, 0.1) is 0 Å². The van der Waals surface area contributed by atoms with Crippen LogP contribution >= 0.6 is 0 Å². The van der Waals surface area contributed by atoms with Gasteiger partial charge in [-0.2, -0.15) is 0 Å². The fraction of sp³-hybridized carbons (Fsp3) is 0.636. The van der Waals surface area contributed by atoms with Crippen molar-refractivity contribution in [3.8, 4) is 0 Å². The molecule has 1 amide bonds. The van der Waals surface area contributed by atoms with Crippen molar-refractivity contribution < 1.29 is 9.53 Å². The van der Waals surface area contributed by atoms with Gasteiger partial charge in [-0.05, 0) is 30.9 Å². The van der Waals surface area contributed by atoms with E-state index in [1.54, 1.807) is 7.11 Å². The van der Waals surface area contributed by atoms with Gasteiger partial charge in [-0.25, -0.2) is 0 Å². The number of carbonyl (C=O) groups is 1. The number of guanidine groups is 1. The summed E-state index contributed by atoms with van der Waals surface area (Å²) in [5.41, 5.74) is 2.41. The van der Waals surface area contributed by atoms with Crippen molar-refractivity contribution in [3.63, 3.8) is 0 Å². The Morgan fingerprint density at radius 1 is 1.07 bits per heavy atom. The zero-order valence-electron chi connectivity index (χ0n) is 18.1. The van der Waals surface area contributed by atoms with Gasteiger partial charge in [-0.3, -0.25) is 14.7 Å². The third kappa shape index (κ3) is 5.48. The number of aliphatic imine (C=N–C) groups is 1. The van der Waals surface area contributed by atoms with E-state index < -0.39 is 0 Å². The Bertz CT molecular complexity index is 694. The summed E-state index contributed by atoms with van der Waals surface area (Å²) in [6, 6.07) is 8.28. The van der Waals surface area contributed by atoms with Crippen molar-refractivity contribution in [2.45, 2.75) is 39.0 Å². The number of rotatable bonds is 6. The van der Waals surface area contributed by atoms with Crippen LogP contribution in [0.4, 0.5) is 0 Å². The second-order valence-electron chi connectivity index (χ2n) is 7.83. The number of nitrogens with one attached hydrogen (secondary N) is 1. The lowest BCUT2D eigenvalue weighted by Crippen LogP contribution is -2.57. The Hall–Kier alpha value is -2.12. The van der Waals surface area contributed by atoms with Gasteiger partial charge in [0.1, 0.15) is 0 Å². The molecule has 1 N–H and O–H groups in total. The minimum atomic E-state index is -0.0360. The zero-order valence-corrected chi connectivity index (χ0v) is 18.1. The molecule has 3 rings (SSSR count). The maximum atomic E-state index is 12.7. The topological polar surface area (TPSA) is 60.4 Å². The highest BCUT2D eigenvalue weighted by molar-refractivity contribution is 5.82. The minimum Gasteiger partial charge on any atom is -0.380 e. The second kappa shape index (κ2) is 10.6. The summed E-state index contributed by atoms with van der Waals surface area (Å²) < 4.78 is 5.30. The van der Waals surface area contributed by atoms with Crippen LogP contribution in [-0.4, -0.2) is 86.0 Å². The SMILES string of the molecule is CN=C(NCc1ccccc1COC)N1CCN(C(C)C(=O)N2CCCC2)CC1. The summed E-state index contributed by atoms with van der Waals surface area (Å²) in [5, 5.41) is 3.49. The van der Waals surface area contributed by atoms with Gasteiger partial charge in [0.2, 0.25) is 5.91 Å². The maximum Gasteiger partial charge on any atom is 0.239 e. The molecule has 29 heavy (non-hydrogen) atoms. The molecular weight excluding hydrogens is 366 g/mol. The Morgan fingerprint density at radius 3 is 2.34 bits per heavy atom. The monoisotopic (exact) mass is 401 g/mol. The molecule has 2 fully saturated rings. The maximum absolute atomic E-state index is 12.7. The third-order valence-corrected chi connectivity index (χ3v) is 6.00. The van der Waals surface area contributed by atoms with Crippen molar-refractivity contribution in [1.82, 2.24) is 20.0 Å². The molecular formula is C22H35N5O2. The summed E-state index contributed by atoms with van der Waals surface area (Å²) in [6.07, 6.45) is 2.28. The number of likely N-dealkylation sites (tertiary alicyclic amines) is 1. The van der Waals surface area contributed by atoms with Gasteiger partial charge in [-0.15, -0.1) is 0 Å². The number of hydrogen-bond donors (Lipinski definition) is 1. The van der Waals surface area contributed by atoms with E-state index in [0.717, 1.165) is 64.6 Å². The van der Waals surface area contributed by atoms with Crippen molar-refractivity contribution in [2.24, 2.45) is 4.99 Å². The van der Waals surface area contributed by atoms with Crippen molar-refractivity contribution in [3.05, 3.63) is 35.4 Å². The highest BCUT2D eigenvalue weighted by atomic mass is 16.5. The Labute approximate surface area is 174 Å². The van der Waals surface area contributed by atoms with Gasteiger partial charge in [0.25, 0.3) is 0 Å². The van der Waals surface area contributed by atoms with E-state index in [1.165, 1.54) is 11.1 Å². The molecule has 1 aromatic carbocycles. The molecule has 160 valence electrons. The number of ether oxygens (including phenoxy) is 1. The van der Waals surface area contributed by atoms with Crippen LogP contribution in [0.15, 0.2) is 29.3 Å². The van der Waals surface area contributed by atoms with Gasteiger partial charge >= 0.3 is 0 Å². The summed E-state index contributed by atoms with van der Waals surface area (Å²) in [5.74, 6) is 1.20. The Kier molecular flexibility index (Phi) is 7.89. The van der Waals surface area contributed by atoms with E-state index >= 15 is 0 Å². The molecule has 2 saturated heterocycles. The predicted octanol–water partition coefficient (Wildman–Crippen LogP) is 1.54. The highest BCUT2D eigenvalue weighted by Crippen LogP contribution is 2.14. The van der Waals surface area contributed by atoms with E-state index in [-0.39, 0.29) is 11.9 Å². The van der Waals surface area contributed by atoms with Gasteiger partial charge in [0, 0.05) is 60.0 Å². The molecule has 7 heteroatoms. The van der Waals surface area contributed by atoms with Gasteiger partial charge in [0.15, 0.2) is 5.96 Å². The molecule has 2 aliphatic heterocycles. The molecule has 0 spiro atoms. The van der Waals surface area contributed by atoms with Crippen molar-refractivity contribution >= 4 is 11.9 Å². The average Bonchev–Trinajstić information content (AvgIpc) is 3.30. The molecule has 1 aromatic rings. The molecule has 2 aliphatic rings. The van der Waals surface area contributed by atoms with Crippen molar-refractivity contribution in [1.29, 1.82) is 0 Å². The predicted molar refractivity (Wildman–Crippen MR) is 116 cm³/mol. The third-order valence-electron chi connectivity index (χ3n) is 6.00. The van der Waals surface area contributed by atoms with Crippen molar-refractivity contribution in [2.75, 3.05) is 53.4 Å². The molecule has 0 radical (unpaired) electrons. The first-order valence-corrected chi connectivity index (χ1v) is 10.7. The summed E-state index contributed by atoms with van der Waals surface area (Å²) in [6.45, 7) is 8.72. The molecule has 0 bridgehead atoms. The number of carbonyl (C=O) groups excluding carboxylic acids is 1. The van der Waals surface area contributed by atoms with Crippen LogP contribution in [0.3, 0.4) is 0 Å². The van der Waals surface area contributed by atoms with E-state index in [2.05, 4.69) is 45.2 Å². The van der Waals surface area contributed by atoms with Crippen LogP contribution in [0.1, 0.15) is 30.9 Å². The zero-order chi connectivity index (χ0) is 20.6. The van der Waals surface area contributed by atoms with E-state index in [4.69, 9.17) is 4.74 Å². The standard InChI is InChI=1S/C22H35N5O2/c1-18(21(28)26-10-6-7-11-26)25-12-14-27(15-13-25)22(23-2)24-16-19-8-4-5-9-20(19)17-29-3/h4-5,8-9,18H,6-7,10-17H2,1-3H3,(H,23,24). The first kappa shape index (κ1) is 21.6. The second-order valence-corrected chi connectivity index (χ2v) is 7.83. The van der Waals surface area contributed by atoms with Gasteiger partial charge in [-0.1, -0.05) is 24.3 Å². The first-order chi connectivity index (χ1) is 14.1. The van der Waals surface area contributed by atoms with E-state index in [9.17, 15) is 4.79 Å². The van der Waals surface area contributed by atoms with Crippen LogP contribution in [-0.2, 0) is 22.7 Å². The lowest BCUT2D eigenvalue weighted by Gasteiger charge is -2.39. The van der Waals surface area contributed by atoms with Gasteiger partial charge < -0.3 is 19.9 Å². The number of hydrogen-bond acceptors (Lipinski definition) is 4. The summed E-state index contributed by atoms with van der Waals surface area (Å²) >= 11 is 0. The normalized spacial score (nSPS) is 19.5. The molecule has 1 unspecified atom stereocenters. The van der Waals surface area contributed by atoms with Crippen LogP contribution in [0.5, 0.6) is 0 Å². The lowest BCUT2D eigenvalue weighted by atomic mass is 10.1. The highest BCUT2D eigenvalue weighted by Gasteiger charge is 2.30. The largest absolute Gasteiger partial charge is 0.380 e. The number of nitrogens with zero attached hydrogens (tertiary/aromatic N) is 4. The fourth-order valence-electron chi connectivity index (χ4n) is 4.21.